The molecule has 0 spiro atoms. The molecule has 2 rings (SSSR count). The Labute approximate surface area is 99.6 Å². The Balaban J connectivity index is 1.75. The van der Waals surface area contributed by atoms with E-state index in [0.717, 1.165) is 24.9 Å². The van der Waals surface area contributed by atoms with Gasteiger partial charge in [0.2, 0.25) is 11.5 Å². The minimum Gasteiger partial charge on any atom is -0.352 e. The first-order valence-corrected chi connectivity index (χ1v) is 5.92. The maximum absolute atomic E-state index is 11.6. The van der Waals surface area contributed by atoms with Crippen LogP contribution in [0.25, 0.3) is 0 Å². The molecule has 17 heavy (non-hydrogen) atoms. The van der Waals surface area contributed by atoms with Crippen molar-refractivity contribution < 1.29 is 4.79 Å². The van der Waals surface area contributed by atoms with Gasteiger partial charge >= 0.3 is 0 Å². The number of carbonyl (C=O) groups is 1. The van der Waals surface area contributed by atoms with Crippen LogP contribution in [0.3, 0.4) is 0 Å². The van der Waals surface area contributed by atoms with Crippen LogP contribution in [-0.2, 0) is 11.3 Å². The lowest BCUT2D eigenvalue weighted by Crippen LogP contribution is -2.31. The fourth-order valence-corrected chi connectivity index (χ4v) is 1.98. The minimum atomic E-state index is -0.129. The molecule has 1 aromatic heterocycles. The minimum absolute atomic E-state index is 0.0515. The second-order valence-electron chi connectivity index (χ2n) is 4.34. The summed E-state index contributed by atoms with van der Waals surface area (Å²) in [5.41, 5.74) is 0.771. The van der Waals surface area contributed by atoms with Gasteiger partial charge in [-0.15, -0.1) is 0 Å². The summed E-state index contributed by atoms with van der Waals surface area (Å²) in [7, 11) is 0. The zero-order valence-corrected chi connectivity index (χ0v) is 9.66. The average molecular weight is 235 g/mol. The normalized spacial score (nSPS) is 19.2. The molecule has 1 aromatic rings. The molecule has 1 fully saturated rings. The number of nitrogens with one attached hydrogen (secondary N) is 3. The van der Waals surface area contributed by atoms with Crippen LogP contribution in [0.5, 0.6) is 0 Å². The van der Waals surface area contributed by atoms with Gasteiger partial charge in [0.1, 0.15) is 0 Å². The summed E-state index contributed by atoms with van der Waals surface area (Å²) in [6.07, 6.45) is 4.38. The highest BCUT2D eigenvalue weighted by Crippen LogP contribution is 2.08. The Morgan fingerprint density at radius 3 is 3.00 bits per heavy atom. The molecule has 1 atom stereocenters. The molecule has 2 heterocycles. The molecule has 0 aliphatic carbocycles. The van der Waals surface area contributed by atoms with Crippen molar-refractivity contribution in [1.29, 1.82) is 0 Å². The van der Waals surface area contributed by atoms with Crippen molar-refractivity contribution in [2.24, 2.45) is 0 Å². The molecule has 0 aromatic carbocycles. The summed E-state index contributed by atoms with van der Waals surface area (Å²) in [6.45, 7) is 1.47. The topological polar surface area (TPSA) is 74.0 Å². The van der Waals surface area contributed by atoms with Gasteiger partial charge in [-0.3, -0.25) is 9.59 Å². The van der Waals surface area contributed by atoms with Crippen LogP contribution < -0.4 is 16.2 Å². The van der Waals surface area contributed by atoms with Crippen molar-refractivity contribution in [3.8, 4) is 0 Å². The van der Waals surface area contributed by atoms with E-state index in [1.807, 2.05) is 0 Å². The summed E-state index contributed by atoms with van der Waals surface area (Å²) >= 11 is 0. The van der Waals surface area contributed by atoms with Gasteiger partial charge in [0.25, 0.3) is 0 Å². The van der Waals surface area contributed by atoms with Crippen molar-refractivity contribution in [1.82, 2.24) is 15.6 Å². The number of amides is 1. The first-order valence-electron chi connectivity index (χ1n) is 5.92. The van der Waals surface area contributed by atoms with Crippen molar-refractivity contribution in [3.63, 3.8) is 0 Å². The Bertz CT molecular complexity index is 415. The molecule has 1 aliphatic rings. The zero-order valence-electron chi connectivity index (χ0n) is 9.66. The molecule has 0 saturated carbocycles. The van der Waals surface area contributed by atoms with Gasteiger partial charge in [-0.1, -0.05) is 6.07 Å². The van der Waals surface area contributed by atoms with E-state index in [-0.39, 0.29) is 11.5 Å². The van der Waals surface area contributed by atoms with E-state index >= 15 is 0 Å². The number of aromatic amines is 1. The van der Waals surface area contributed by atoms with Gasteiger partial charge in [-0.25, -0.2) is 0 Å². The van der Waals surface area contributed by atoms with Crippen LogP contribution in [0.1, 0.15) is 24.8 Å². The maximum atomic E-state index is 11.6. The van der Waals surface area contributed by atoms with Gasteiger partial charge < -0.3 is 15.6 Å². The Kier molecular flexibility index (Phi) is 3.93. The fourth-order valence-electron chi connectivity index (χ4n) is 1.98. The second kappa shape index (κ2) is 5.63. The Hall–Kier alpha value is -1.62. The van der Waals surface area contributed by atoms with Gasteiger partial charge in [0, 0.05) is 31.3 Å². The van der Waals surface area contributed by atoms with E-state index in [1.54, 1.807) is 12.3 Å². The van der Waals surface area contributed by atoms with Gasteiger partial charge in [-0.05, 0) is 24.9 Å². The van der Waals surface area contributed by atoms with E-state index in [9.17, 15) is 9.59 Å². The number of rotatable bonds is 4. The van der Waals surface area contributed by atoms with Crippen molar-refractivity contribution in [2.75, 3.05) is 6.54 Å². The summed E-state index contributed by atoms with van der Waals surface area (Å²) < 4.78 is 0. The standard InChI is InChI=1S/C12H17N3O2/c16-11-4-3-9(7-14-11)8-15-12(17)6-10-2-1-5-13-10/h3-4,7,10,13H,1-2,5-6,8H2,(H,14,16)(H,15,17). The molecule has 5 heteroatoms. The number of hydrogen-bond acceptors (Lipinski definition) is 3. The number of pyridine rings is 1. The SMILES string of the molecule is O=C(CC1CCCN1)NCc1ccc(=O)[nH]c1. The number of aromatic nitrogens is 1. The lowest BCUT2D eigenvalue weighted by molar-refractivity contribution is -0.121. The van der Waals surface area contributed by atoms with Crippen LogP contribution in [0.15, 0.2) is 23.1 Å². The largest absolute Gasteiger partial charge is 0.352 e. The molecular formula is C12H17N3O2. The van der Waals surface area contributed by atoms with Crippen LogP contribution in [0.2, 0.25) is 0 Å². The average Bonchev–Trinajstić information content (AvgIpc) is 2.81. The third kappa shape index (κ3) is 3.71. The number of hydrogen-bond donors (Lipinski definition) is 3. The second-order valence-corrected chi connectivity index (χ2v) is 4.34. The highest BCUT2D eigenvalue weighted by atomic mass is 16.1. The van der Waals surface area contributed by atoms with Crippen LogP contribution in [-0.4, -0.2) is 23.5 Å². The molecular weight excluding hydrogens is 218 g/mol. The van der Waals surface area contributed by atoms with Crippen LogP contribution in [0.4, 0.5) is 0 Å². The summed E-state index contributed by atoms with van der Waals surface area (Å²) in [5.74, 6) is 0.0515. The van der Waals surface area contributed by atoms with E-state index < -0.39 is 0 Å². The predicted octanol–water partition coefficient (Wildman–Crippen LogP) is 0.133. The monoisotopic (exact) mass is 235 g/mol. The molecule has 1 amide bonds. The molecule has 0 radical (unpaired) electrons. The van der Waals surface area contributed by atoms with Crippen molar-refractivity contribution in [3.05, 3.63) is 34.2 Å². The molecule has 5 nitrogen and oxygen atoms in total. The van der Waals surface area contributed by atoms with E-state index in [1.165, 1.54) is 6.07 Å². The molecule has 92 valence electrons. The molecule has 0 bridgehead atoms. The first-order chi connectivity index (χ1) is 8.24. The van der Waals surface area contributed by atoms with Crippen molar-refractivity contribution >= 4 is 5.91 Å². The highest BCUT2D eigenvalue weighted by molar-refractivity contribution is 5.76. The quantitative estimate of drug-likeness (QED) is 0.694. The molecule has 1 aliphatic heterocycles. The third-order valence-corrected chi connectivity index (χ3v) is 2.93. The highest BCUT2D eigenvalue weighted by Gasteiger charge is 2.17. The molecule has 1 unspecified atom stereocenters. The lowest BCUT2D eigenvalue weighted by Gasteiger charge is -2.10. The third-order valence-electron chi connectivity index (χ3n) is 2.93. The van der Waals surface area contributed by atoms with Crippen LogP contribution >= 0.6 is 0 Å². The van der Waals surface area contributed by atoms with Gasteiger partial charge in [-0.2, -0.15) is 0 Å². The summed E-state index contributed by atoms with van der Waals surface area (Å²) in [5, 5.41) is 6.13. The molecule has 3 N–H and O–H groups in total. The molecule has 1 saturated heterocycles. The predicted molar refractivity (Wildman–Crippen MR) is 64.6 cm³/mol. The smallest absolute Gasteiger partial charge is 0.247 e. The number of carbonyl (C=O) groups excluding carboxylic acids is 1. The first kappa shape index (κ1) is 11.9. The van der Waals surface area contributed by atoms with E-state index in [2.05, 4.69) is 15.6 Å². The van der Waals surface area contributed by atoms with E-state index in [0.29, 0.717) is 19.0 Å². The van der Waals surface area contributed by atoms with Gasteiger partial charge in [0.05, 0.1) is 0 Å². The lowest BCUT2D eigenvalue weighted by atomic mass is 10.1. The fraction of sp³-hybridized carbons (Fsp3) is 0.500. The summed E-state index contributed by atoms with van der Waals surface area (Å²) in [6, 6.07) is 3.50. The number of H-pyrrole nitrogens is 1. The zero-order chi connectivity index (χ0) is 12.1. The van der Waals surface area contributed by atoms with Crippen LogP contribution in [0, 0.1) is 0 Å². The van der Waals surface area contributed by atoms with Crippen molar-refractivity contribution in [2.45, 2.75) is 31.8 Å². The maximum Gasteiger partial charge on any atom is 0.247 e. The van der Waals surface area contributed by atoms with Gasteiger partial charge in [0.15, 0.2) is 0 Å². The summed E-state index contributed by atoms with van der Waals surface area (Å²) in [4.78, 5) is 25.0. The van der Waals surface area contributed by atoms with E-state index in [4.69, 9.17) is 0 Å². The Morgan fingerprint density at radius 2 is 2.35 bits per heavy atom. The Morgan fingerprint density at radius 1 is 1.47 bits per heavy atom.